The second-order valence-corrected chi connectivity index (χ2v) is 10.5. The number of hydrogen-bond donors (Lipinski definition) is 0. The quantitative estimate of drug-likeness (QED) is 0.402. The van der Waals surface area contributed by atoms with Gasteiger partial charge in [-0.1, -0.05) is 94.9 Å². The van der Waals surface area contributed by atoms with Gasteiger partial charge in [-0.25, -0.2) is 12.3 Å². The van der Waals surface area contributed by atoms with Crippen LogP contribution in [0.3, 0.4) is 0 Å². The maximum atomic E-state index is 4.64. The van der Waals surface area contributed by atoms with Crippen LogP contribution in [0.25, 0.3) is 21.3 Å². The summed E-state index contributed by atoms with van der Waals surface area (Å²) >= 11 is 0. The molecule has 2 radical (unpaired) electrons. The van der Waals surface area contributed by atoms with Gasteiger partial charge in [0.05, 0.1) is 0 Å². The summed E-state index contributed by atoms with van der Waals surface area (Å²) in [5.74, 6) is 0. The molecule has 6 heteroatoms. The van der Waals surface area contributed by atoms with Crippen molar-refractivity contribution < 1.29 is 34.1 Å². The van der Waals surface area contributed by atoms with Crippen LogP contribution in [-0.4, -0.2) is 34.5 Å². The van der Waals surface area contributed by atoms with Crippen LogP contribution >= 0.6 is 0 Å². The first-order valence-corrected chi connectivity index (χ1v) is 9.45. The number of nitrogens with zero attached hydrogens (tertiary/aromatic N) is 4. The van der Waals surface area contributed by atoms with E-state index in [0.29, 0.717) is 0 Å². The second kappa shape index (κ2) is 10.6. The van der Waals surface area contributed by atoms with Crippen LogP contribution in [0.5, 0.6) is 0 Å². The number of hydrogen-bond acceptors (Lipinski definition) is 0. The van der Waals surface area contributed by atoms with Crippen molar-refractivity contribution in [2.24, 2.45) is 0 Å². The largest absolute Gasteiger partial charge is 2.00 e. The zero-order chi connectivity index (χ0) is 18.8. The molecular weight excluding hydrogens is 423 g/mol. The Morgan fingerprint density at radius 3 is 1.08 bits per heavy atom. The Morgan fingerprint density at radius 1 is 0.654 bits per heavy atom. The molecule has 162 valence electrons. The van der Waals surface area contributed by atoms with Gasteiger partial charge in [0.1, 0.15) is 0 Å². The van der Waals surface area contributed by atoms with Crippen molar-refractivity contribution >= 4 is 0 Å². The summed E-state index contributed by atoms with van der Waals surface area (Å²) in [6.07, 6.45) is 5.11. The first kappa shape index (κ1) is 29.1. The monoisotopic (exact) mass is 462 g/mol. The summed E-state index contributed by atoms with van der Waals surface area (Å²) in [6, 6.07) is 0. The van der Waals surface area contributed by atoms with Crippen LogP contribution in [0.4, 0.5) is 0 Å². The predicted molar refractivity (Wildman–Crippen MR) is 107 cm³/mol. The molecule has 2 fully saturated rings. The molecule has 0 N–H and O–H groups in total. The Morgan fingerprint density at radius 2 is 0.923 bits per heavy atom. The smallest absolute Gasteiger partial charge is 0.673 e. The topological polar surface area (TPSA) is 56.4 Å². The van der Waals surface area contributed by atoms with Gasteiger partial charge in [-0.2, -0.15) is 0 Å². The Hall–Kier alpha value is 0.879. The summed E-state index contributed by atoms with van der Waals surface area (Å²) in [6.45, 7) is 21.5. The van der Waals surface area contributed by atoms with Crippen LogP contribution in [0.1, 0.15) is 94.9 Å². The molecule has 4 nitrogen and oxygen atoms in total. The number of rotatable bonds is 2. The van der Waals surface area contributed by atoms with Crippen LogP contribution in [0.2, 0.25) is 0 Å². The van der Waals surface area contributed by atoms with Gasteiger partial charge < -0.3 is 21.3 Å². The van der Waals surface area contributed by atoms with E-state index in [2.05, 4.69) is 90.5 Å². The van der Waals surface area contributed by atoms with E-state index in [0.717, 1.165) is 12.8 Å². The molecule has 26 heavy (non-hydrogen) atoms. The molecule has 0 aliphatic carbocycles. The minimum atomic E-state index is 0. The van der Waals surface area contributed by atoms with Crippen molar-refractivity contribution in [3.63, 3.8) is 0 Å². The molecule has 2 rings (SSSR count). The first-order chi connectivity index (χ1) is 10.6. The van der Waals surface area contributed by atoms with Gasteiger partial charge in [0, 0.05) is 0 Å². The van der Waals surface area contributed by atoms with Crippen LogP contribution in [0, 0.1) is 0 Å². The fraction of sp³-hybridized carbons (Fsp3) is 1.00. The van der Waals surface area contributed by atoms with E-state index in [1.807, 2.05) is 0 Å². The van der Waals surface area contributed by atoms with Gasteiger partial charge >= 0.3 is 34.1 Å². The fourth-order valence-electron chi connectivity index (χ4n) is 3.11. The Bertz CT molecular complexity index is 360. The van der Waals surface area contributed by atoms with Gasteiger partial charge in [0.2, 0.25) is 0 Å². The van der Waals surface area contributed by atoms with Crippen molar-refractivity contribution in [1.82, 2.24) is 0 Å². The molecule has 2 heterocycles. The Balaban J connectivity index is 0. The van der Waals surface area contributed by atoms with E-state index in [9.17, 15) is 0 Å². The van der Waals surface area contributed by atoms with E-state index in [1.165, 1.54) is 12.8 Å². The molecule has 2 aliphatic rings. The average Bonchev–Trinajstić information content (AvgIpc) is 2.77. The fourth-order valence-corrected chi connectivity index (χ4v) is 3.11. The van der Waals surface area contributed by atoms with E-state index < -0.39 is 0 Å². The van der Waals surface area contributed by atoms with E-state index in [1.54, 1.807) is 0 Å². The zero-order valence-electron chi connectivity index (χ0n) is 18.4. The molecule has 2 aliphatic heterocycles. The van der Waals surface area contributed by atoms with Gasteiger partial charge in [0.15, 0.2) is 0 Å². The molecule has 2 unspecified atom stereocenters. The summed E-state index contributed by atoms with van der Waals surface area (Å²) in [5.41, 5.74) is 0.460. The Labute approximate surface area is 184 Å². The minimum Gasteiger partial charge on any atom is -0.673 e. The van der Waals surface area contributed by atoms with Gasteiger partial charge in [-0.3, -0.25) is 0 Å². The molecule has 2 atom stereocenters. The molecule has 0 aromatic rings. The maximum absolute atomic E-state index is 4.64. The minimum absolute atomic E-state index is 0. The Kier molecular flexibility index (Phi) is 11.9. The maximum Gasteiger partial charge on any atom is 2.00 e. The first-order valence-electron chi connectivity index (χ1n) is 9.45. The van der Waals surface area contributed by atoms with Crippen molar-refractivity contribution in [2.45, 2.75) is 129 Å². The zero-order valence-corrected chi connectivity index (χ0v) is 20.3. The summed E-state index contributed by atoms with van der Waals surface area (Å²) in [7, 11) is 0. The van der Waals surface area contributed by atoms with Gasteiger partial charge in [-0.15, -0.1) is 22.2 Å². The summed E-state index contributed by atoms with van der Waals surface area (Å²) in [4.78, 5) is 0. The van der Waals surface area contributed by atoms with Crippen LogP contribution in [0.15, 0.2) is 0 Å². The van der Waals surface area contributed by atoms with E-state index in [-0.39, 0.29) is 68.6 Å². The van der Waals surface area contributed by atoms with E-state index >= 15 is 0 Å². The third-order valence-electron chi connectivity index (χ3n) is 4.10. The van der Waals surface area contributed by atoms with Gasteiger partial charge in [-0.05, 0) is 0 Å². The van der Waals surface area contributed by atoms with Crippen molar-refractivity contribution in [2.75, 3.05) is 0 Å². The third-order valence-corrected chi connectivity index (χ3v) is 4.10. The molecule has 0 bridgehead atoms. The molecule has 0 aromatic heterocycles. The van der Waals surface area contributed by atoms with Crippen molar-refractivity contribution in [3.05, 3.63) is 21.3 Å². The van der Waals surface area contributed by atoms with Gasteiger partial charge in [0.25, 0.3) is 0 Å². The van der Waals surface area contributed by atoms with Crippen LogP contribution < -0.4 is 0 Å². The summed E-state index contributed by atoms with van der Waals surface area (Å²) < 4.78 is 0. The standard InChI is InChI=1S/2C10H20N2.2Cu/c2*1-9(2,3)11-8-6-7-10(4,5)12-8;;/h2*8H,6-7H2,1-5H3;;/q2*-2;2*+2. The normalized spacial score (nSPS) is 27.0. The molecule has 2 saturated heterocycles. The SMILES string of the molecule is CC(C)(C)[N-]C1CCC(C)(C)[N-]1.CC(C)(C)[N-]C1CCC(C)(C)[N-]1.[Cu+2].[Cu+2]. The van der Waals surface area contributed by atoms with E-state index in [4.69, 9.17) is 0 Å². The average molecular weight is 464 g/mol. The molecular formula is C20H40Cu2N4. The molecule has 0 saturated carbocycles. The van der Waals surface area contributed by atoms with Crippen LogP contribution in [-0.2, 0) is 34.1 Å². The predicted octanol–water partition coefficient (Wildman–Crippen LogP) is 6.86. The third kappa shape index (κ3) is 13.1. The molecule has 0 amide bonds. The summed E-state index contributed by atoms with van der Waals surface area (Å²) in [5, 5.41) is 18.6. The molecule has 0 aromatic carbocycles. The van der Waals surface area contributed by atoms with Crippen molar-refractivity contribution in [3.8, 4) is 0 Å². The second-order valence-electron chi connectivity index (χ2n) is 10.5. The molecule has 0 spiro atoms. The van der Waals surface area contributed by atoms with Crippen molar-refractivity contribution in [1.29, 1.82) is 0 Å².